The third kappa shape index (κ3) is 1.91. The Morgan fingerprint density at radius 2 is 2.08 bits per heavy atom. The van der Waals surface area contributed by atoms with Crippen LogP contribution in [-0.4, -0.2) is 59.8 Å². The maximum Gasteiger partial charge on any atom is 0.180 e. The molecular weight excluding hydrogens is 338 g/mol. The molecule has 3 heterocycles. The van der Waals surface area contributed by atoms with Gasteiger partial charge >= 0.3 is 0 Å². The van der Waals surface area contributed by atoms with Gasteiger partial charge in [0, 0.05) is 5.92 Å². The molecule has 138 valence electrons. The van der Waals surface area contributed by atoms with Gasteiger partial charge < -0.3 is 25.8 Å². The molecule has 0 aromatic carbocycles. The number of ether oxygens (including phenoxy) is 1. The minimum atomic E-state index is -1.27. The number of hydrogen-bond acceptors (Lipinski definition) is 8. The van der Waals surface area contributed by atoms with Crippen molar-refractivity contribution in [1.29, 1.82) is 0 Å². The van der Waals surface area contributed by atoms with E-state index in [9.17, 15) is 15.3 Å². The summed E-state index contributed by atoms with van der Waals surface area (Å²) < 4.78 is 7.86. The average Bonchev–Trinajstić information content (AvgIpc) is 3.40. The van der Waals surface area contributed by atoms with Crippen molar-refractivity contribution in [2.75, 3.05) is 12.3 Å². The van der Waals surface area contributed by atoms with Crippen molar-refractivity contribution in [3.63, 3.8) is 0 Å². The molecule has 3 aliphatic rings. The molecule has 5 rings (SSSR count). The van der Waals surface area contributed by atoms with Crippen LogP contribution < -0.4 is 5.73 Å². The Hall–Kier alpha value is -2.07. The second-order valence-corrected chi connectivity index (χ2v) is 7.46. The quantitative estimate of drug-likeness (QED) is 0.532. The third-order valence-electron chi connectivity index (χ3n) is 6.20. The van der Waals surface area contributed by atoms with Crippen LogP contribution in [0.1, 0.15) is 12.8 Å². The van der Waals surface area contributed by atoms with Crippen molar-refractivity contribution in [1.82, 2.24) is 19.5 Å². The number of nitrogens with two attached hydrogens (primary N) is 1. The van der Waals surface area contributed by atoms with Gasteiger partial charge in [-0.1, -0.05) is 12.2 Å². The van der Waals surface area contributed by atoms with Gasteiger partial charge in [0.1, 0.15) is 30.2 Å². The minimum Gasteiger partial charge on any atom is -0.394 e. The van der Waals surface area contributed by atoms with Crippen LogP contribution >= 0.6 is 0 Å². The van der Waals surface area contributed by atoms with Crippen molar-refractivity contribution in [2.24, 2.45) is 17.8 Å². The zero-order valence-electron chi connectivity index (χ0n) is 14.0. The van der Waals surface area contributed by atoms with E-state index in [4.69, 9.17) is 10.5 Å². The van der Waals surface area contributed by atoms with Gasteiger partial charge in [-0.2, -0.15) is 0 Å². The Morgan fingerprint density at radius 1 is 1.23 bits per heavy atom. The van der Waals surface area contributed by atoms with Crippen molar-refractivity contribution < 1.29 is 20.1 Å². The van der Waals surface area contributed by atoms with Gasteiger partial charge in [0.05, 0.1) is 12.9 Å². The van der Waals surface area contributed by atoms with Gasteiger partial charge in [-0.15, -0.1) is 0 Å². The van der Waals surface area contributed by atoms with Crippen LogP contribution in [0.15, 0.2) is 24.8 Å². The Labute approximate surface area is 149 Å². The summed E-state index contributed by atoms with van der Waals surface area (Å²) in [5.74, 6) is 0.809. The second kappa shape index (κ2) is 5.46. The molecule has 2 aromatic heterocycles. The first-order valence-electron chi connectivity index (χ1n) is 8.83. The summed E-state index contributed by atoms with van der Waals surface area (Å²) in [6.45, 7) is -0.389. The molecule has 0 unspecified atom stereocenters. The highest BCUT2D eigenvalue weighted by Crippen LogP contribution is 2.55. The minimum absolute atomic E-state index is 0.0766. The molecule has 26 heavy (non-hydrogen) atoms. The maximum absolute atomic E-state index is 11.1. The van der Waals surface area contributed by atoms with Crippen LogP contribution in [0.25, 0.3) is 11.2 Å². The van der Waals surface area contributed by atoms with Crippen molar-refractivity contribution in [3.8, 4) is 0 Å². The number of anilines is 1. The van der Waals surface area contributed by atoms with E-state index in [0.29, 0.717) is 17.1 Å². The highest BCUT2D eigenvalue weighted by atomic mass is 16.6. The number of allylic oxidation sites excluding steroid dienone is 2. The molecule has 9 heteroatoms. The van der Waals surface area contributed by atoms with Crippen LogP contribution in [0.3, 0.4) is 0 Å². The predicted molar refractivity (Wildman–Crippen MR) is 90.5 cm³/mol. The predicted octanol–water partition coefficient (Wildman–Crippen LogP) is -0.614. The van der Waals surface area contributed by atoms with Gasteiger partial charge in [0.25, 0.3) is 0 Å². The Morgan fingerprint density at radius 3 is 2.73 bits per heavy atom. The van der Waals surface area contributed by atoms with Gasteiger partial charge in [-0.05, 0) is 24.7 Å². The number of aromatic nitrogens is 4. The number of aliphatic hydroxyl groups is 3. The van der Waals surface area contributed by atoms with E-state index in [1.165, 1.54) is 12.7 Å². The van der Waals surface area contributed by atoms with Crippen LogP contribution in [-0.2, 0) is 10.5 Å². The summed E-state index contributed by atoms with van der Waals surface area (Å²) in [4.78, 5) is 12.6. The number of nitrogen functional groups attached to an aromatic ring is 1. The van der Waals surface area contributed by atoms with Crippen LogP contribution in [0.5, 0.6) is 0 Å². The summed E-state index contributed by atoms with van der Waals surface area (Å²) >= 11 is 0. The third-order valence-corrected chi connectivity index (χ3v) is 6.20. The molecule has 1 saturated carbocycles. The lowest BCUT2D eigenvalue weighted by Crippen LogP contribution is -2.52. The molecule has 0 radical (unpaired) electrons. The fraction of sp³-hybridized carbons (Fsp3) is 0.588. The molecule has 9 nitrogen and oxygen atoms in total. The van der Waals surface area contributed by atoms with Crippen molar-refractivity contribution in [3.05, 3.63) is 24.8 Å². The highest BCUT2D eigenvalue weighted by Gasteiger charge is 2.63. The summed E-state index contributed by atoms with van der Waals surface area (Å²) in [5, 5.41) is 31.2. The van der Waals surface area contributed by atoms with Gasteiger partial charge in [0.2, 0.25) is 0 Å². The van der Waals surface area contributed by atoms with Gasteiger partial charge in [0.15, 0.2) is 17.2 Å². The molecular formula is C17H21N5O4. The number of aliphatic hydroxyl groups excluding tert-OH is 3. The lowest BCUT2D eigenvalue weighted by Gasteiger charge is -2.41. The second-order valence-electron chi connectivity index (χ2n) is 7.46. The molecule has 2 fully saturated rings. The topological polar surface area (TPSA) is 140 Å². The Balaban J connectivity index is 1.72. The molecule has 5 N–H and O–H groups in total. The highest BCUT2D eigenvalue weighted by molar-refractivity contribution is 5.81. The molecule has 0 amide bonds. The monoisotopic (exact) mass is 359 g/mol. The van der Waals surface area contributed by atoms with E-state index in [2.05, 4.69) is 27.1 Å². The zero-order chi connectivity index (χ0) is 18.1. The number of nitrogens with zero attached hydrogens (tertiary/aromatic N) is 4. The largest absolute Gasteiger partial charge is 0.394 e. The Kier molecular flexibility index (Phi) is 3.39. The zero-order valence-corrected chi connectivity index (χ0v) is 14.0. The fourth-order valence-corrected chi connectivity index (χ4v) is 5.02. The maximum atomic E-state index is 11.1. The van der Waals surface area contributed by atoms with Gasteiger partial charge in [-0.25, -0.2) is 15.0 Å². The summed E-state index contributed by atoms with van der Waals surface area (Å²) in [7, 11) is 0. The number of fused-ring (bicyclic) bond motifs is 3. The van der Waals surface area contributed by atoms with Crippen LogP contribution in [0.2, 0.25) is 0 Å². The fourth-order valence-electron chi connectivity index (χ4n) is 5.02. The van der Waals surface area contributed by atoms with E-state index in [-0.39, 0.29) is 24.3 Å². The first-order valence-corrected chi connectivity index (χ1v) is 8.83. The van der Waals surface area contributed by atoms with E-state index >= 15 is 0 Å². The number of hydrogen-bond donors (Lipinski definition) is 4. The molecule has 1 saturated heterocycles. The van der Waals surface area contributed by atoms with E-state index in [0.717, 1.165) is 12.8 Å². The molecule has 7 atom stereocenters. The smallest absolute Gasteiger partial charge is 0.180 e. The summed E-state index contributed by atoms with van der Waals surface area (Å²) in [6.07, 6.45) is 5.71. The normalized spacial score (nSPS) is 41.5. The Bertz CT molecular complexity index is 885. The molecule has 1 aliphatic heterocycles. The van der Waals surface area contributed by atoms with E-state index in [1.807, 2.05) is 0 Å². The summed E-state index contributed by atoms with van der Waals surface area (Å²) in [5.41, 5.74) is 5.50. The van der Waals surface area contributed by atoms with Crippen LogP contribution in [0.4, 0.5) is 5.82 Å². The SMILES string of the molecule is Nc1ncnc2c1ncn2[C@]1([C@@H]2C[C@@H]3C=C[C@H]2C3)O[C@H](CO)[C@@H](O)[C@H]1O. The van der Waals surface area contributed by atoms with Gasteiger partial charge in [-0.3, -0.25) is 4.57 Å². The lowest BCUT2D eigenvalue weighted by atomic mass is 9.80. The first-order chi connectivity index (χ1) is 12.6. The molecule has 0 spiro atoms. The standard InChI is InChI=1S/C17H21N5O4/c18-15-12-16(20-6-19-15)22(7-21-12)17(10-4-8-1-2-9(10)3-8)14(25)13(24)11(5-23)26-17/h1-2,6-11,13-14,23-25H,3-5H2,(H2,18,19,20)/t8-,9+,10-,11-,13-,14-,17-/m1/s1. The molecule has 2 bridgehead atoms. The van der Waals surface area contributed by atoms with Crippen molar-refractivity contribution in [2.45, 2.75) is 36.9 Å². The summed E-state index contributed by atoms with van der Waals surface area (Å²) in [6, 6.07) is 0. The van der Waals surface area contributed by atoms with E-state index < -0.39 is 24.0 Å². The number of imidazole rings is 1. The van der Waals surface area contributed by atoms with E-state index in [1.54, 1.807) is 4.57 Å². The molecule has 2 aliphatic carbocycles. The first kappa shape index (κ1) is 16.1. The van der Waals surface area contributed by atoms with Crippen LogP contribution in [0, 0.1) is 17.8 Å². The van der Waals surface area contributed by atoms with Crippen molar-refractivity contribution >= 4 is 17.0 Å². The molecule has 2 aromatic rings. The number of rotatable bonds is 3. The lowest BCUT2D eigenvalue weighted by molar-refractivity contribution is -0.187. The average molecular weight is 359 g/mol.